The first kappa shape index (κ1) is 20.2. The Morgan fingerprint density at radius 1 is 0.933 bits per heavy atom. The number of pyridine rings is 1. The van der Waals surface area contributed by atoms with Gasteiger partial charge in [-0.15, -0.1) is 0 Å². The molecule has 0 atom stereocenters. The second kappa shape index (κ2) is 8.00. The number of amides is 2. The molecule has 4 rings (SSSR count). The molecule has 2 saturated heterocycles. The van der Waals surface area contributed by atoms with Crippen molar-refractivity contribution in [3.63, 3.8) is 0 Å². The van der Waals surface area contributed by atoms with Crippen LogP contribution in [0.4, 0.5) is 19.0 Å². The van der Waals surface area contributed by atoms with Crippen molar-refractivity contribution in [2.75, 3.05) is 44.2 Å². The second-order valence-corrected chi connectivity index (χ2v) is 7.48. The highest BCUT2D eigenvalue weighted by Gasteiger charge is 2.31. The molecule has 2 aromatic heterocycles. The maximum Gasteiger partial charge on any atom is 0.417 e. The zero-order chi connectivity index (χ0) is 21.3. The number of H-pyrrole nitrogens is 1. The molecule has 2 aliphatic rings. The molecule has 2 aliphatic heterocycles. The number of likely N-dealkylation sites (tertiary alicyclic amines) is 1. The topological polar surface area (TPSA) is 72.5 Å². The first-order valence-corrected chi connectivity index (χ1v) is 9.88. The lowest BCUT2D eigenvalue weighted by Crippen LogP contribution is -2.49. The van der Waals surface area contributed by atoms with Gasteiger partial charge in [0, 0.05) is 51.7 Å². The van der Waals surface area contributed by atoms with Crippen LogP contribution in [0.1, 0.15) is 39.3 Å². The molecule has 0 aromatic carbocycles. The van der Waals surface area contributed by atoms with Gasteiger partial charge in [0.2, 0.25) is 0 Å². The van der Waals surface area contributed by atoms with Crippen LogP contribution in [0.25, 0.3) is 0 Å². The smallest absolute Gasteiger partial charge is 0.356 e. The lowest BCUT2D eigenvalue weighted by Gasteiger charge is -2.35. The second-order valence-electron chi connectivity index (χ2n) is 7.48. The Labute approximate surface area is 171 Å². The highest BCUT2D eigenvalue weighted by molar-refractivity contribution is 5.99. The quantitative estimate of drug-likeness (QED) is 0.827. The van der Waals surface area contributed by atoms with Gasteiger partial charge in [0.25, 0.3) is 11.8 Å². The Hall–Kier alpha value is -3.04. The third-order valence-corrected chi connectivity index (χ3v) is 5.52. The summed E-state index contributed by atoms with van der Waals surface area (Å²) in [7, 11) is 0. The zero-order valence-electron chi connectivity index (χ0n) is 16.3. The zero-order valence-corrected chi connectivity index (χ0v) is 16.3. The molecule has 10 heteroatoms. The first-order chi connectivity index (χ1) is 14.3. The van der Waals surface area contributed by atoms with Gasteiger partial charge in [-0.05, 0) is 31.0 Å². The van der Waals surface area contributed by atoms with Crippen molar-refractivity contribution in [2.45, 2.75) is 19.0 Å². The third-order valence-electron chi connectivity index (χ3n) is 5.52. The van der Waals surface area contributed by atoms with Crippen molar-refractivity contribution in [1.82, 2.24) is 19.8 Å². The van der Waals surface area contributed by atoms with E-state index in [0.29, 0.717) is 43.3 Å². The Balaban J connectivity index is 1.35. The minimum absolute atomic E-state index is 0.0928. The summed E-state index contributed by atoms with van der Waals surface area (Å²) >= 11 is 0. The number of anilines is 1. The fraction of sp³-hybridized carbons (Fsp3) is 0.450. The fourth-order valence-electron chi connectivity index (χ4n) is 3.79. The van der Waals surface area contributed by atoms with Crippen molar-refractivity contribution < 1.29 is 22.8 Å². The number of aromatic amines is 1. The Morgan fingerprint density at radius 3 is 2.20 bits per heavy atom. The monoisotopic (exact) mass is 421 g/mol. The molecule has 7 nitrogen and oxygen atoms in total. The molecule has 0 aliphatic carbocycles. The van der Waals surface area contributed by atoms with Crippen molar-refractivity contribution in [3.8, 4) is 0 Å². The lowest BCUT2D eigenvalue weighted by atomic mass is 10.2. The van der Waals surface area contributed by atoms with Crippen LogP contribution in [0, 0.1) is 0 Å². The minimum Gasteiger partial charge on any atom is -0.356 e. The molecule has 160 valence electrons. The van der Waals surface area contributed by atoms with Gasteiger partial charge in [0.1, 0.15) is 11.5 Å². The number of alkyl halides is 3. The predicted octanol–water partition coefficient (Wildman–Crippen LogP) is 2.63. The van der Waals surface area contributed by atoms with Gasteiger partial charge >= 0.3 is 6.18 Å². The van der Waals surface area contributed by atoms with E-state index in [2.05, 4.69) is 9.97 Å². The Kier molecular flexibility index (Phi) is 5.40. The SMILES string of the molecule is O=C(c1c[nH]c(C(=O)N2CCCC2)c1)N1CCN(c2ccc(C(F)(F)F)cn2)CC1. The molecule has 0 saturated carbocycles. The summed E-state index contributed by atoms with van der Waals surface area (Å²) in [6, 6.07) is 3.95. The van der Waals surface area contributed by atoms with Gasteiger partial charge in [0.05, 0.1) is 11.1 Å². The van der Waals surface area contributed by atoms with E-state index in [4.69, 9.17) is 0 Å². The standard InChI is InChI=1S/C20H22F3N5O2/c21-20(22,23)15-3-4-17(25-13-15)26-7-9-28(10-8-26)18(29)14-11-16(24-12-14)19(30)27-5-1-2-6-27/h3-4,11-13,24H,1-2,5-10H2. The number of hydrogen-bond donors (Lipinski definition) is 1. The van der Waals surface area contributed by atoms with Crippen LogP contribution in [0.2, 0.25) is 0 Å². The molecular formula is C20H22F3N5O2. The van der Waals surface area contributed by atoms with Gasteiger partial charge < -0.3 is 19.7 Å². The number of halogens is 3. The highest BCUT2D eigenvalue weighted by atomic mass is 19.4. The number of nitrogens with one attached hydrogen (secondary N) is 1. The van der Waals surface area contributed by atoms with Gasteiger partial charge in [0.15, 0.2) is 0 Å². The number of rotatable bonds is 3. The van der Waals surface area contributed by atoms with Crippen LogP contribution < -0.4 is 4.90 Å². The lowest BCUT2D eigenvalue weighted by molar-refractivity contribution is -0.137. The van der Waals surface area contributed by atoms with E-state index in [-0.39, 0.29) is 11.8 Å². The van der Waals surface area contributed by atoms with Crippen LogP contribution in [0.15, 0.2) is 30.6 Å². The minimum atomic E-state index is -4.41. The predicted molar refractivity (Wildman–Crippen MR) is 103 cm³/mol. The molecule has 0 bridgehead atoms. The van der Waals surface area contributed by atoms with E-state index in [1.165, 1.54) is 6.07 Å². The van der Waals surface area contributed by atoms with Crippen LogP contribution in [0.5, 0.6) is 0 Å². The van der Waals surface area contributed by atoms with Gasteiger partial charge in [-0.25, -0.2) is 4.98 Å². The molecule has 2 aromatic rings. The summed E-state index contributed by atoms with van der Waals surface area (Å²) in [6.45, 7) is 3.24. The number of hydrogen-bond acceptors (Lipinski definition) is 4. The molecule has 0 unspecified atom stereocenters. The summed E-state index contributed by atoms with van der Waals surface area (Å²) in [5.41, 5.74) is 0.0540. The summed E-state index contributed by atoms with van der Waals surface area (Å²) in [6.07, 6.45) is -0.0458. The molecule has 0 radical (unpaired) electrons. The van der Waals surface area contributed by atoms with Crippen LogP contribution >= 0.6 is 0 Å². The van der Waals surface area contributed by atoms with Gasteiger partial charge in [-0.1, -0.05) is 0 Å². The van der Waals surface area contributed by atoms with E-state index in [1.807, 2.05) is 4.90 Å². The Morgan fingerprint density at radius 2 is 1.60 bits per heavy atom. The maximum absolute atomic E-state index is 12.8. The van der Waals surface area contributed by atoms with E-state index >= 15 is 0 Å². The molecule has 4 heterocycles. The van der Waals surface area contributed by atoms with E-state index in [1.54, 1.807) is 22.1 Å². The van der Waals surface area contributed by atoms with E-state index in [9.17, 15) is 22.8 Å². The summed E-state index contributed by atoms with van der Waals surface area (Å²) in [5.74, 6) is 0.187. The van der Waals surface area contributed by atoms with Gasteiger partial charge in [-0.2, -0.15) is 13.2 Å². The van der Waals surface area contributed by atoms with Crippen molar-refractivity contribution in [2.24, 2.45) is 0 Å². The number of nitrogens with zero attached hydrogens (tertiary/aromatic N) is 4. The number of carbonyl (C=O) groups is 2. The average molecular weight is 421 g/mol. The van der Waals surface area contributed by atoms with Crippen molar-refractivity contribution in [1.29, 1.82) is 0 Å². The summed E-state index contributed by atoms with van der Waals surface area (Å²) in [5, 5.41) is 0. The number of aromatic nitrogens is 2. The summed E-state index contributed by atoms with van der Waals surface area (Å²) in [4.78, 5) is 37.3. The molecule has 1 N–H and O–H groups in total. The Bertz CT molecular complexity index is 911. The maximum atomic E-state index is 12.8. The first-order valence-electron chi connectivity index (χ1n) is 9.88. The van der Waals surface area contributed by atoms with Crippen LogP contribution in [0.3, 0.4) is 0 Å². The largest absolute Gasteiger partial charge is 0.417 e. The third kappa shape index (κ3) is 4.12. The summed E-state index contributed by atoms with van der Waals surface area (Å²) < 4.78 is 38.0. The van der Waals surface area contributed by atoms with Crippen molar-refractivity contribution >= 4 is 17.6 Å². The average Bonchev–Trinajstić information content (AvgIpc) is 3.45. The van der Waals surface area contributed by atoms with Crippen LogP contribution in [-0.2, 0) is 6.18 Å². The van der Waals surface area contributed by atoms with E-state index < -0.39 is 11.7 Å². The molecule has 2 fully saturated rings. The number of piperazine rings is 1. The van der Waals surface area contributed by atoms with Crippen molar-refractivity contribution in [3.05, 3.63) is 47.4 Å². The number of carbonyl (C=O) groups excluding carboxylic acids is 2. The molecular weight excluding hydrogens is 399 g/mol. The van der Waals surface area contributed by atoms with E-state index in [0.717, 1.165) is 38.2 Å². The van der Waals surface area contributed by atoms with Gasteiger partial charge in [-0.3, -0.25) is 9.59 Å². The normalized spacial score (nSPS) is 17.5. The fourth-order valence-corrected chi connectivity index (χ4v) is 3.79. The molecule has 30 heavy (non-hydrogen) atoms. The molecule has 0 spiro atoms. The molecule has 2 amide bonds. The van der Waals surface area contributed by atoms with Crippen LogP contribution in [-0.4, -0.2) is 70.9 Å². The highest BCUT2D eigenvalue weighted by Crippen LogP contribution is 2.29.